The lowest BCUT2D eigenvalue weighted by Crippen LogP contribution is -2.24. The first-order chi connectivity index (χ1) is 14.1. The maximum absolute atomic E-state index is 9.41. The third kappa shape index (κ3) is 4.76. The van der Waals surface area contributed by atoms with Gasteiger partial charge < -0.3 is 9.52 Å². The van der Waals surface area contributed by atoms with Crippen LogP contribution in [0.5, 0.6) is 0 Å². The minimum Gasteiger partial charge on any atom is -0.416 e. The predicted molar refractivity (Wildman–Crippen MR) is 121 cm³/mol. The number of aromatic nitrogens is 2. The molecule has 0 aliphatic heterocycles. The fourth-order valence-corrected chi connectivity index (χ4v) is 3.33. The van der Waals surface area contributed by atoms with Gasteiger partial charge in [-0.05, 0) is 54.3 Å². The van der Waals surface area contributed by atoms with Crippen molar-refractivity contribution in [1.29, 1.82) is 0 Å². The fourth-order valence-electron chi connectivity index (χ4n) is 3.33. The Bertz CT molecular complexity index is 1110. The molecule has 1 atom stereocenters. The topological polar surface area (TPSA) is 71.2 Å². The normalized spacial score (nSPS) is 11.7. The highest BCUT2D eigenvalue weighted by Crippen LogP contribution is 2.32. The molecule has 0 spiro atoms. The predicted octanol–water partition coefficient (Wildman–Crippen LogP) is 5.23. The van der Waals surface area contributed by atoms with Gasteiger partial charge in [-0.15, -0.1) is 22.6 Å². The van der Waals surface area contributed by atoms with Gasteiger partial charge in [0, 0.05) is 17.7 Å². The SMILES string of the molecule is Cc1c(-c2ccccc2)cccc1-c1nnc(-c2cccc(CNC(C)O)c2)o1.Cl. The zero-order valence-corrected chi connectivity index (χ0v) is 17.7. The van der Waals surface area contributed by atoms with Crippen molar-refractivity contribution in [2.24, 2.45) is 0 Å². The third-order valence-corrected chi connectivity index (χ3v) is 4.85. The molecule has 0 aliphatic carbocycles. The molecule has 0 amide bonds. The number of halogens is 1. The van der Waals surface area contributed by atoms with Gasteiger partial charge in [0.25, 0.3) is 0 Å². The highest BCUT2D eigenvalue weighted by Gasteiger charge is 2.15. The number of hydrogen-bond donors (Lipinski definition) is 2. The molecule has 1 unspecified atom stereocenters. The van der Waals surface area contributed by atoms with Gasteiger partial charge in [-0.3, -0.25) is 5.32 Å². The number of aliphatic hydroxyl groups is 1. The Kier molecular flexibility index (Phi) is 7.00. The van der Waals surface area contributed by atoms with E-state index in [1.165, 1.54) is 0 Å². The molecule has 0 radical (unpaired) electrons. The van der Waals surface area contributed by atoms with Crippen LogP contribution in [-0.2, 0) is 6.54 Å². The van der Waals surface area contributed by atoms with E-state index >= 15 is 0 Å². The van der Waals surface area contributed by atoms with Gasteiger partial charge in [-0.1, -0.05) is 54.6 Å². The smallest absolute Gasteiger partial charge is 0.248 e. The van der Waals surface area contributed by atoms with E-state index in [2.05, 4.69) is 40.6 Å². The summed E-state index contributed by atoms with van der Waals surface area (Å²) in [7, 11) is 0. The van der Waals surface area contributed by atoms with Crippen LogP contribution in [0.4, 0.5) is 0 Å². The Morgan fingerprint density at radius 3 is 2.30 bits per heavy atom. The Morgan fingerprint density at radius 1 is 0.867 bits per heavy atom. The van der Waals surface area contributed by atoms with E-state index in [0.717, 1.165) is 33.4 Å². The molecule has 30 heavy (non-hydrogen) atoms. The van der Waals surface area contributed by atoms with Crippen LogP contribution < -0.4 is 5.32 Å². The number of aliphatic hydroxyl groups excluding tert-OH is 1. The Morgan fingerprint density at radius 2 is 1.53 bits per heavy atom. The van der Waals surface area contributed by atoms with Gasteiger partial charge in [0.1, 0.15) is 6.23 Å². The molecule has 3 aromatic carbocycles. The molecule has 1 aromatic heterocycles. The zero-order chi connectivity index (χ0) is 20.2. The van der Waals surface area contributed by atoms with Gasteiger partial charge >= 0.3 is 0 Å². The molecule has 154 valence electrons. The minimum absolute atomic E-state index is 0. The molecule has 6 heteroatoms. The third-order valence-electron chi connectivity index (χ3n) is 4.85. The second-order valence-electron chi connectivity index (χ2n) is 7.01. The summed E-state index contributed by atoms with van der Waals surface area (Å²) in [5, 5.41) is 20.9. The van der Waals surface area contributed by atoms with E-state index in [1.807, 2.05) is 54.6 Å². The summed E-state index contributed by atoms with van der Waals surface area (Å²) < 4.78 is 6.02. The van der Waals surface area contributed by atoms with Crippen LogP contribution in [0.15, 0.2) is 77.2 Å². The maximum atomic E-state index is 9.41. The molecule has 4 aromatic rings. The van der Waals surface area contributed by atoms with Crippen LogP contribution in [0, 0.1) is 6.92 Å². The van der Waals surface area contributed by atoms with Crippen molar-refractivity contribution >= 4 is 12.4 Å². The number of nitrogens with zero attached hydrogens (tertiary/aromatic N) is 2. The second kappa shape index (κ2) is 9.67. The van der Waals surface area contributed by atoms with E-state index in [4.69, 9.17) is 4.42 Å². The molecule has 0 saturated carbocycles. The van der Waals surface area contributed by atoms with Crippen LogP contribution in [0.3, 0.4) is 0 Å². The van der Waals surface area contributed by atoms with E-state index in [-0.39, 0.29) is 12.4 Å². The molecule has 0 aliphatic rings. The summed E-state index contributed by atoms with van der Waals surface area (Å²) >= 11 is 0. The van der Waals surface area contributed by atoms with Crippen molar-refractivity contribution in [3.63, 3.8) is 0 Å². The van der Waals surface area contributed by atoms with Crippen LogP contribution in [0.1, 0.15) is 18.1 Å². The zero-order valence-electron chi connectivity index (χ0n) is 16.9. The lowest BCUT2D eigenvalue weighted by atomic mass is 9.96. The largest absolute Gasteiger partial charge is 0.416 e. The summed E-state index contributed by atoms with van der Waals surface area (Å²) in [5.41, 5.74) is 6.22. The van der Waals surface area contributed by atoms with E-state index in [0.29, 0.717) is 18.3 Å². The standard InChI is InChI=1S/C24H23N3O2.ClH/c1-16-21(19-9-4-3-5-10-19)12-7-13-22(16)24-27-26-23(29-24)20-11-6-8-18(14-20)15-25-17(2)28;/h3-14,17,25,28H,15H2,1-2H3;1H. The summed E-state index contributed by atoms with van der Waals surface area (Å²) in [4.78, 5) is 0. The van der Waals surface area contributed by atoms with Crippen molar-refractivity contribution in [1.82, 2.24) is 15.5 Å². The number of hydrogen-bond acceptors (Lipinski definition) is 5. The maximum Gasteiger partial charge on any atom is 0.248 e. The fraction of sp³-hybridized carbons (Fsp3) is 0.167. The summed E-state index contributed by atoms with van der Waals surface area (Å²) in [6.07, 6.45) is -0.562. The highest BCUT2D eigenvalue weighted by atomic mass is 35.5. The lowest BCUT2D eigenvalue weighted by Gasteiger charge is -2.09. The van der Waals surface area contributed by atoms with Crippen molar-refractivity contribution in [2.45, 2.75) is 26.6 Å². The number of rotatable bonds is 6. The van der Waals surface area contributed by atoms with Crippen molar-refractivity contribution < 1.29 is 9.52 Å². The highest BCUT2D eigenvalue weighted by molar-refractivity contribution is 5.85. The molecular weight excluding hydrogens is 398 g/mol. The Hall–Kier alpha value is -2.99. The molecule has 2 N–H and O–H groups in total. The first-order valence-electron chi connectivity index (χ1n) is 9.61. The van der Waals surface area contributed by atoms with Gasteiger partial charge in [-0.2, -0.15) is 0 Å². The van der Waals surface area contributed by atoms with E-state index in [9.17, 15) is 5.11 Å². The summed E-state index contributed by atoms with van der Waals surface area (Å²) in [6.45, 7) is 4.33. The molecule has 1 heterocycles. The average molecular weight is 422 g/mol. The van der Waals surface area contributed by atoms with Crippen molar-refractivity contribution in [2.75, 3.05) is 0 Å². The van der Waals surface area contributed by atoms with Gasteiger partial charge in [0.15, 0.2) is 0 Å². The number of nitrogens with one attached hydrogen (secondary N) is 1. The van der Waals surface area contributed by atoms with Gasteiger partial charge in [0.05, 0.1) is 0 Å². The number of benzene rings is 3. The van der Waals surface area contributed by atoms with Crippen LogP contribution in [0.25, 0.3) is 34.0 Å². The molecular formula is C24H24ClN3O2. The first kappa shape index (κ1) is 21.7. The lowest BCUT2D eigenvalue weighted by molar-refractivity contribution is 0.155. The second-order valence-corrected chi connectivity index (χ2v) is 7.01. The van der Waals surface area contributed by atoms with Gasteiger partial charge in [0.2, 0.25) is 11.8 Å². The van der Waals surface area contributed by atoms with Crippen LogP contribution in [0.2, 0.25) is 0 Å². The Labute approximate surface area is 182 Å². The quantitative estimate of drug-likeness (QED) is 0.417. The molecule has 0 fully saturated rings. The van der Waals surface area contributed by atoms with Crippen LogP contribution >= 0.6 is 12.4 Å². The minimum atomic E-state index is -0.562. The first-order valence-corrected chi connectivity index (χ1v) is 9.61. The van der Waals surface area contributed by atoms with E-state index < -0.39 is 6.23 Å². The van der Waals surface area contributed by atoms with E-state index in [1.54, 1.807) is 6.92 Å². The van der Waals surface area contributed by atoms with Gasteiger partial charge in [-0.25, -0.2) is 0 Å². The van der Waals surface area contributed by atoms with Crippen molar-refractivity contribution in [3.05, 3.63) is 83.9 Å². The monoisotopic (exact) mass is 421 g/mol. The van der Waals surface area contributed by atoms with Crippen LogP contribution in [-0.4, -0.2) is 21.5 Å². The Balaban J connectivity index is 0.00000256. The summed E-state index contributed by atoms with van der Waals surface area (Å²) in [5.74, 6) is 0.978. The molecule has 0 saturated heterocycles. The average Bonchev–Trinajstić information content (AvgIpc) is 3.23. The van der Waals surface area contributed by atoms with Crippen molar-refractivity contribution in [3.8, 4) is 34.0 Å². The molecule has 4 rings (SSSR count). The molecule has 5 nitrogen and oxygen atoms in total. The molecule has 0 bridgehead atoms. The summed E-state index contributed by atoms with van der Waals surface area (Å²) in [6, 6.07) is 24.2.